The molecule has 0 saturated carbocycles. The van der Waals surface area contributed by atoms with E-state index >= 15 is 0 Å². The number of amides is 1. The number of carbonyl (C=O) groups is 1. The van der Waals surface area contributed by atoms with Gasteiger partial charge in [0.25, 0.3) is 5.91 Å². The van der Waals surface area contributed by atoms with Gasteiger partial charge in [-0.3, -0.25) is 9.89 Å². The predicted molar refractivity (Wildman–Crippen MR) is 77.9 cm³/mol. The molecule has 2 heterocycles. The molecule has 5 heteroatoms. The number of rotatable bonds is 2. The predicted octanol–water partition coefficient (Wildman–Crippen LogP) is 1.64. The monoisotopic (exact) mass is 270 g/mol. The third kappa shape index (κ3) is 2.20. The molecule has 0 atom stereocenters. The summed E-state index contributed by atoms with van der Waals surface area (Å²) in [6.07, 6.45) is 0.893. The number of fused-ring (bicyclic) bond motifs is 1. The zero-order valence-corrected chi connectivity index (χ0v) is 11.7. The van der Waals surface area contributed by atoms with Crippen LogP contribution in [0.25, 0.3) is 0 Å². The zero-order valence-electron chi connectivity index (χ0n) is 11.7. The Balaban J connectivity index is 1.88. The van der Waals surface area contributed by atoms with Crippen molar-refractivity contribution in [3.05, 3.63) is 46.8 Å². The van der Waals surface area contributed by atoms with Gasteiger partial charge >= 0.3 is 0 Å². The highest BCUT2D eigenvalue weighted by Crippen LogP contribution is 2.20. The van der Waals surface area contributed by atoms with Crippen molar-refractivity contribution >= 4 is 11.6 Å². The van der Waals surface area contributed by atoms with Crippen LogP contribution in [0.3, 0.4) is 0 Å². The average molecular weight is 270 g/mol. The standard InChI is InChI=1S/C15H18N4O/c1-10-3-5-11(6-4-10)19(2)15(20)14-12-9-16-8-7-13(12)17-18-14/h3-6,16H,7-9H2,1-2H3,(H,17,18). The third-order valence-electron chi connectivity index (χ3n) is 3.73. The van der Waals surface area contributed by atoms with E-state index in [-0.39, 0.29) is 5.91 Å². The minimum atomic E-state index is -0.0740. The van der Waals surface area contributed by atoms with E-state index in [2.05, 4.69) is 15.5 Å². The number of aryl methyl sites for hydroxylation is 1. The maximum absolute atomic E-state index is 12.6. The van der Waals surface area contributed by atoms with Gasteiger partial charge < -0.3 is 10.2 Å². The van der Waals surface area contributed by atoms with Crippen molar-refractivity contribution in [2.75, 3.05) is 18.5 Å². The second-order valence-electron chi connectivity index (χ2n) is 5.16. The normalized spacial score (nSPS) is 13.9. The van der Waals surface area contributed by atoms with Crippen LogP contribution >= 0.6 is 0 Å². The van der Waals surface area contributed by atoms with E-state index in [1.807, 2.05) is 31.2 Å². The lowest BCUT2D eigenvalue weighted by Gasteiger charge is -2.18. The summed E-state index contributed by atoms with van der Waals surface area (Å²) in [5.41, 5.74) is 4.65. The molecule has 3 rings (SSSR count). The van der Waals surface area contributed by atoms with Crippen molar-refractivity contribution in [1.82, 2.24) is 15.5 Å². The lowest BCUT2D eigenvalue weighted by atomic mass is 10.1. The lowest BCUT2D eigenvalue weighted by Crippen LogP contribution is -2.30. The molecule has 20 heavy (non-hydrogen) atoms. The minimum absolute atomic E-state index is 0.0740. The van der Waals surface area contributed by atoms with Crippen molar-refractivity contribution in [3.8, 4) is 0 Å². The minimum Gasteiger partial charge on any atom is -0.312 e. The summed E-state index contributed by atoms with van der Waals surface area (Å²) in [4.78, 5) is 14.2. The number of carbonyl (C=O) groups excluding carboxylic acids is 1. The van der Waals surface area contributed by atoms with Gasteiger partial charge in [0.1, 0.15) is 0 Å². The molecule has 2 N–H and O–H groups in total. The van der Waals surface area contributed by atoms with Gasteiger partial charge in [0.2, 0.25) is 0 Å². The number of aromatic nitrogens is 2. The summed E-state index contributed by atoms with van der Waals surface area (Å²) in [6.45, 7) is 3.66. The van der Waals surface area contributed by atoms with Gasteiger partial charge in [-0.25, -0.2) is 0 Å². The Morgan fingerprint density at radius 2 is 2.05 bits per heavy atom. The van der Waals surface area contributed by atoms with Crippen molar-refractivity contribution in [1.29, 1.82) is 0 Å². The Labute approximate surface area is 118 Å². The lowest BCUT2D eigenvalue weighted by molar-refractivity contribution is 0.0987. The van der Waals surface area contributed by atoms with E-state index in [4.69, 9.17) is 0 Å². The number of anilines is 1. The summed E-state index contributed by atoms with van der Waals surface area (Å²) in [6, 6.07) is 7.90. The summed E-state index contributed by atoms with van der Waals surface area (Å²) >= 11 is 0. The maximum atomic E-state index is 12.6. The average Bonchev–Trinajstić information content (AvgIpc) is 2.90. The Hall–Kier alpha value is -2.14. The van der Waals surface area contributed by atoms with Crippen LogP contribution in [0.15, 0.2) is 24.3 Å². The van der Waals surface area contributed by atoms with Crippen LogP contribution in [0, 0.1) is 6.92 Å². The van der Waals surface area contributed by atoms with Crippen molar-refractivity contribution in [2.24, 2.45) is 0 Å². The van der Waals surface area contributed by atoms with Crippen LogP contribution in [-0.2, 0) is 13.0 Å². The van der Waals surface area contributed by atoms with Crippen molar-refractivity contribution < 1.29 is 4.79 Å². The smallest absolute Gasteiger partial charge is 0.278 e. The Morgan fingerprint density at radius 3 is 2.80 bits per heavy atom. The molecule has 0 unspecified atom stereocenters. The maximum Gasteiger partial charge on any atom is 0.278 e. The van der Waals surface area contributed by atoms with Gasteiger partial charge in [-0.15, -0.1) is 0 Å². The molecule has 0 saturated heterocycles. The number of nitrogens with one attached hydrogen (secondary N) is 2. The molecule has 0 fully saturated rings. The molecule has 2 aromatic rings. The molecule has 0 aliphatic carbocycles. The van der Waals surface area contributed by atoms with Gasteiger partial charge in [0.15, 0.2) is 5.69 Å². The topological polar surface area (TPSA) is 61.0 Å². The first-order chi connectivity index (χ1) is 9.66. The molecule has 1 amide bonds. The first kappa shape index (κ1) is 12.9. The number of aromatic amines is 1. The molecule has 104 valence electrons. The second-order valence-corrected chi connectivity index (χ2v) is 5.16. The molecule has 0 radical (unpaired) electrons. The highest BCUT2D eigenvalue weighted by molar-refractivity contribution is 6.05. The van der Waals surface area contributed by atoms with Crippen molar-refractivity contribution in [3.63, 3.8) is 0 Å². The summed E-state index contributed by atoms with van der Waals surface area (Å²) in [5, 5.41) is 10.5. The van der Waals surface area contributed by atoms with Gasteiger partial charge in [-0.05, 0) is 19.1 Å². The van der Waals surface area contributed by atoms with E-state index < -0.39 is 0 Å². The van der Waals surface area contributed by atoms with Crippen LogP contribution in [0.5, 0.6) is 0 Å². The Bertz CT molecular complexity index is 630. The number of hydrogen-bond donors (Lipinski definition) is 2. The van der Waals surface area contributed by atoms with Gasteiger partial charge in [-0.1, -0.05) is 17.7 Å². The van der Waals surface area contributed by atoms with E-state index in [0.717, 1.165) is 29.9 Å². The third-order valence-corrected chi connectivity index (χ3v) is 3.73. The molecular formula is C15H18N4O. The van der Waals surface area contributed by atoms with Crippen LogP contribution in [0.2, 0.25) is 0 Å². The summed E-state index contributed by atoms with van der Waals surface area (Å²) < 4.78 is 0. The Morgan fingerprint density at radius 1 is 1.30 bits per heavy atom. The highest BCUT2D eigenvalue weighted by atomic mass is 16.2. The fourth-order valence-electron chi connectivity index (χ4n) is 2.45. The van der Waals surface area contributed by atoms with Crippen LogP contribution in [0.4, 0.5) is 5.69 Å². The molecule has 1 aromatic heterocycles. The van der Waals surface area contributed by atoms with E-state index in [1.165, 1.54) is 5.56 Å². The molecule has 0 spiro atoms. The molecule has 0 bridgehead atoms. The summed E-state index contributed by atoms with van der Waals surface area (Å²) in [5.74, 6) is -0.0740. The first-order valence-electron chi connectivity index (χ1n) is 6.78. The van der Waals surface area contributed by atoms with Crippen LogP contribution in [0.1, 0.15) is 27.3 Å². The van der Waals surface area contributed by atoms with E-state index in [0.29, 0.717) is 12.2 Å². The van der Waals surface area contributed by atoms with E-state index in [9.17, 15) is 4.79 Å². The number of hydrogen-bond acceptors (Lipinski definition) is 3. The van der Waals surface area contributed by atoms with Crippen molar-refractivity contribution in [2.45, 2.75) is 19.9 Å². The van der Waals surface area contributed by atoms with Crippen LogP contribution < -0.4 is 10.2 Å². The fraction of sp³-hybridized carbons (Fsp3) is 0.333. The van der Waals surface area contributed by atoms with Gasteiger partial charge in [-0.2, -0.15) is 5.10 Å². The van der Waals surface area contributed by atoms with Crippen LogP contribution in [-0.4, -0.2) is 29.7 Å². The van der Waals surface area contributed by atoms with Gasteiger partial charge in [0.05, 0.1) is 0 Å². The largest absolute Gasteiger partial charge is 0.312 e. The highest BCUT2D eigenvalue weighted by Gasteiger charge is 2.24. The zero-order chi connectivity index (χ0) is 14.1. The quantitative estimate of drug-likeness (QED) is 0.872. The summed E-state index contributed by atoms with van der Waals surface area (Å²) in [7, 11) is 1.78. The molecular weight excluding hydrogens is 252 g/mol. The molecule has 5 nitrogen and oxygen atoms in total. The number of nitrogens with zero attached hydrogens (tertiary/aromatic N) is 2. The number of benzene rings is 1. The fourth-order valence-corrected chi connectivity index (χ4v) is 2.45. The molecule has 1 aliphatic rings. The SMILES string of the molecule is Cc1ccc(N(C)C(=O)c2n[nH]c3c2CNCC3)cc1. The second kappa shape index (κ2) is 5.09. The van der Waals surface area contributed by atoms with E-state index in [1.54, 1.807) is 11.9 Å². The molecule has 1 aromatic carbocycles. The Kier molecular flexibility index (Phi) is 3.28. The van der Waals surface area contributed by atoms with Gasteiger partial charge in [0, 0.05) is 43.5 Å². The molecule has 1 aliphatic heterocycles. The number of H-pyrrole nitrogens is 1. The first-order valence-corrected chi connectivity index (χ1v) is 6.78.